The van der Waals surface area contributed by atoms with Crippen molar-refractivity contribution < 1.29 is 4.79 Å². The van der Waals surface area contributed by atoms with E-state index in [1.165, 1.54) is 0 Å². The second-order valence-electron chi connectivity index (χ2n) is 3.95. The number of amides is 1. The maximum Gasteiger partial charge on any atom is 0.239 e. The minimum Gasteiger partial charge on any atom is -0.344 e. The van der Waals surface area contributed by atoms with E-state index in [0.717, 1.165) is 25.1 Å². The summed E-state index contributed by atoms with van der Waals surface area (Å²) in [5.74, 6) is 1.41. The molecular weight excluding hydrogens is 196 g/mol. The first kappa shape index (κ1) is 11.9. The molecule has 3 nitrogen and oxygen atoms in total. The third kappa shape index (κ3) is 3.17. The van der Waals surface area contributed by atoms with E-state index in [4.69, 9.17) is 0 Å². The van der Waals surface area contributed by atoms with E-state index >= 15 is 0 Å². The van der Waals surface area contributed by atoms with E-state index in [1.54, 1.807) is 4.90 Å². The lowest BCUT2D eigenvalue weighted by Crippen LogP contribution is -2.42. The van der Waals surface area contributed by atoms with Crippen molar-refractivity contribution in [2.24, 2.45) is 0 Å². The van der Waals surface area contributed by atoms with Gasteiger partial charge in [-0.15, -0.1) is 0 Å². The highest BCUT2D eigenvalue weighted by molar-refractivity contribution is 7.98. The van der Waals surface area contributed by atoms with Crippen LogP contribution in [0.25, 0.3) is 0 Å². The molecule has 1 aliphatic rings. The third-order valence-corrected chi connectivity index (χ3v) is 3.31. The van der Waals surface area contributed by atoms with Crippen molar-refractivity contribution in [2.75, 3.05) is 25.6 Å². The molecule has 1 N–H and O–H groups in total. The van der Waals surface area contributed by atoms with Gasteiger partial charge in [-0.1, -0.05) is 0 Å². The van der Waals surface area contributed by atoms with Gasteiger partial charge < -0.3 is 10.2 Å². The fourth-order valence-corrected chi connectivity index (χ4v) is 2.29. The van der Waals surface area contributed by atoms with E-state index in [-0.39, 0.29) is 11.9 Å². The minimum atomic E-state index is 0.0665. The van der Waals surface area contributed by atoms with Crippen LogP contribution in [-0.2, 0) is 4.79 Å². The molecule has 1 rings (SSSR count). The van der Waals surface area contributed by atoms with Gasteiger partial charge in [0.2, 0.25) is 5.91 Å². The predicted molar refractivity (Wildman–Crippen MR) is 61.6 cm³/mol. The summed E-state index contributed by atoms with van der Waals surface area (Å²) < 4.78 is 0. The summed E-state index contributed by atoms with van der Waals surface area (Å²) in [6.45, 7) is 3.05. The number of hydrogen-bond acceptors (Lipinski definition) is 3. The lowest BCUT2D eigenvalue weighted by molar-refractivity contribution is -0.128. The standard InChI is InChI=1S/C10H20N2OS/c1-8(5-7-14-3)11-9-4-6-12(2)10(9)13/h8-9,11H,4-7H2,1-3H3. The molecule has 0 bridgehead atoms. The van der Waals surface area contributed by atoms with E-state index in [2.05, 4.69) is 18.5 Å². The van der Waals surface area contributed by atoms with Crippen molar-refractivity contribution in [3.05, 3.63) is 0 Å². The lowest BCUT2D eigenvalue weighted by Gasteiger charge is -2.17. The lowest BCUT2D eigenvalue weighted by atomic mass is 10.2. The quantitative estimate of drug-likeness (QED) is 0.742. The predicted octanol–water partition coefficient (Wildman–Crippen LogP) is 0.948. The van der Waals surface area contributed by atoms with Crippen LogP contribution in [0.5, 0.6) is 0 Å². The van der Waals surface area contributed by atoms with Gasteiger partial charge in [0, 0.05) is 19.6 Å². The minimum absolute atomic E-state index is 0.0665. The molecular formula is C10H20N2OS. The summed E-state index contributed by atoms with van der Waals surface area (Å²) in [5, 5.41) is 3.39. The molecule has 0 aliphatic carbocycles. The Morgan fingerprint density at radius 1 is 1.71 bits per heavy atom. The first-order valence-corrected chi connectivity index (χ1v) is 6.54. The molecule has 1 saturated heterocycles. The Labute approximate surface area is 90.6 Å². The Morgan fingerprint density at radius 3 is 2.93 bits per heavy atom. The topological polar surface area (TPSA) is 32.3 Å². The SMILES string of the molecule is CSCCC(C)NC1CCN(C)C1=O. The molecule has 2 unspecified atom stereocenters. The molecule has 1 aliphatic heterocycles. The highest BCUT2D eigenvalue weighted by atomic mass is 32.2. The maximum atomic E-state index is 11.6. The van der Waals surface area contributed by atoms with Gasteiger partial charge in [0.1, 0.15) is 0 Å². The molecule has 0 saturated carbocycles. The molecule has 4 heteroatoms. The van der Waals surface area contributed by atoms with Crippen LogP contribution in [0, 0.1) is 0 Å². The van der Waals surface area contributed by atoms with Gasteiger partial charge in [0.05, 0.1) is 6.04 Å². The Balaban J connectivity index is 2.26. The summed E-state index contributed by atoms with van der Waals surface area (Å²) in [6.07, 6.45) is 4.20. The molecule has 0 aromatic carbocycles. The van der Waals surface area contributed by atoms with Crippen LogP contribution in [0.4, 0.5) is 0 Å². The molecule has 0 radical (unpaired) electrons. The van der Waals surface area contributed by atoms with Gasteiger partial charge in [-0.25, -0.2) is 0 Å². The third-order valence-electron chi connectivity index (χ3n) is 2.67. The zero-order valence-corrected chi connectivity index (χ0v) is 10.1. The average molecular weight is 216 g/mol. The highest BCUT2D eigenvalue weighted by Gasteiger charge is 2.29. The van der Waals surface area contributed by atoms with E-state index in [0.29, 0.717) is 6.04 Å². The number of carbonyl (C=O) groups excluding carboxylic acids is 1. The largest absolute Gasteiger partial charge is 0.344 e. The van der Waals surface area contributed by atoms with Crippen LogP contribution >= 0.6 is 11.8 Å². The fraction of sp³-hybridized carbons (Fsp3) is 0.900. The van der Waals surface area contributed by atoms with Gasteiger partial charge >= 0.3 is 0 Å². The Hall–Kier alpha value is -0.220. The highest BCUT2D eigenvalue weighted by Crippen LogP contribution is 2.10. The Kier molecular flexibility index (Phi) is 4.75. The molecule has 1 amide bonds. The maximum absolute atomic E-state index is 11.6. The summed E-state index contributed by atoms with van der Waals surface area (Å²) in [7, 11) is 1.87. The van der Waals surface area contributed by atoms with Crippen LogP contribution in [0.15, 0.2) is 0 Å². The molecule has 2 atom stereocenters. The molecule has 0 aromatic heterocycles. The number of thioether (sulfide) groups is 1. The van der Waals surface area contributed by atoms with Crippen LogP contribution in [0.1, 0.15) is 19.8 Å². The second kappa shape index (κ2) is 5.61. The normalized spacial score (nSPS) is 24.4. The van der Waals surface area contributed by atoms with E-state index < -0.39 is 0 Å². The first-order chi connectivity index (χ1) is 6.65. The second-order valence-corrected chi connectivity index (χ2v) is 4.94. The Bertz CT molecular complexity index is 199. The number of likely N-dealkylation sites (N-methyl/N-ethyl adjacent to an activating group) is 1. The van der Waals surface area contributed by atoms with Crippen LogP contribution in [0.3, 0.4) is 0 Å². The van der Waals surface area contributed by atoms with Gasteiger partial charge in [-0.2, -0.15) is 11.8 Å². The molecule has 1 fully saturated rings. The van der Waals surface area contributed by atoms with Crippen molar-refractivity contribution in [1.82, 2.24) is 10.2 Å². The number of carbonyl (C=O) groups is 1. The molecule has 1 heterocycles. The first-order valence-electron chi connectivity index (χ1n) is 5.15. The zero-order chi connectivity index (χ0) is 10.6. The van der Waals surface area contributed by atoms with Gasteiger partial charge in [0.25, 0.3) is 0 Å². The number of nitrogens with one attached hydrogen (secondary N) is 1. The van der Waals surface area contributed by atoms with Crippen LogP contribution in [-0.4, -0.2) is 48.5 Å². The average Bonchev–Trinajstić information content (AvgIpc) is 2.46. The molecule has 14 heavy (non-hydrogen) atoms. The van der Waals surface area contributed by atoms with Crippen molar-refractivity contribution in [2.45, 2.75) is 31.8 Å². The zero-order valence-electron chi connectivity index (χ0n) is 9.25. The molecule has 0 aromatic rings. The molecule has 0 spiro atoms. The van der Waals surface area contributed by atoms with Gasteiger partial charge in [0.15, 0.2) is 0 Å². The fourth-order valence-electron chi connectivity index (χ4n) is 1.70. The number of nitrogens with zero attached hydrogens (tertiary/aromatic N) is 1. The van der Waals surface area contributed by atoms with Crippen molar-refractivity contribution in [3.8, 4) is 0 Å². The van der Waals surface area contributed by atoms with E-state index in [1.807, 2.05) is 18.8 Å². The van der Waals surface area contributed by atoms with Crippen molar-refractivity contribution in [3.63, 3.8) is 0 Å². The Morgan fingerprint density at radius 2 is 2.43 bits per heavy atom. The van der Waals surface area contributed by atoms with Gasteiger partial charge in [-0.05, 0) is 31.8 Å². The molecule has 82 valence electrons. The number of rotatable bonds is 5. The number of hydrogen-bond donors (Lipinski definition) is 1. The number of likely N-dealkylation sites (tertiary alicyclic amines) is 1. The summed E-state index contributed by atoms with van der Waals surface area (Å²) in [5.41, 5.74) is 0. The summed E-state index contributed by atoms with van der Waals surface area (Å²) >= 11 is 1.85. The van der Waals surface area contributed by atoms with Crippen molar-refractivity contribution in [1.29, 1.82) is 0 Å². The smallest absolute Gasteiger partial charge is 0.239 e. The monoisotopic (exact) mass is 216 g/mol. The summed E-state index contributed by atoms with van der Waals surface area (Å²) in [6, 6.07) is 0.514. The van der Waals surface area contributed by atoms with Gasteiger partial charge in [-0.3, -0.25) is 4.79 Å². The van der Waals surface area contributed by atoms with Crippen LogP contribution < -0.4 is 5.32 Å². The summed E-state index contributed by atoms with van der Waals surface area (Å²) in [4.78, 5) is 13.4. The van der Waals surface area contributed by atoms with E-state index in [9.17, 15) is 4.79 Å². The van der Waals surface area contributed by atoms with Crippen LogP contribution in [0.2, 0.25) is 0 Å². The van der Waals surface area contributed by atoms with Crippen molar-refractivity contribution >= 4 is 17.7 Å².